The molecule has 0 heterocycles. The predicted octanol–water partition coefficient (Wildman–Crippen LogP) is 3.40. The molecule has 0 aromatic heterocycles. The van der Waals surface area contributed by atoms with Crippen LogP contribution in [0.4, 0.5) is 10.1 Å². The van der Waals surface area contributed by atoms with Gasteiger partial charge in [-0.1, -0.05) is 28.1 Å². The summed E-state index contributed by atoms with van der Waals surface area (Å²) in [4.78, 5) is 2.04. The minimum atomic E-state index is -0.253. The van der Waals surface area contributed by atoms with Crippen LogP contribution >= 0.6 is 15.9 Å². The van der Waals surface area contributed by atoms with E-state index in [4.69, 9.17) is 5.84 Å². The Bertz CT molecular complexity index is 596. The number of hydrazine groups is 1. The zero-order valence-corrected chi connectivity index (χ0v) is 13.7. The van der Waals surface area contributed by atoms with Crippen molar-refractivity contribution in [2.45, 2.75) is 12.5 Å². The van der Waals surface area contributed by atoms with Gasteiger partial charge in [0.15, 0.2) is 0 Å². The number of hydrogen-bond acceptors (Lipinski definition) is 3. The fourth-order valence-electron chi connectivity index (χ4n) is 2.26. The van der Waals surface area contributed by atoms with Gasteiger partial charge in [0, 0.05) is 24.3 Å². The van der Waals surface area contributed by atoms with Gasteiger partial charge in [0.25, 0.3) is 0 Å². The molecule has 21 heavy (non-hydrogen) atoms. The highest BCUT2D eigenvalue weighted by molar-refractivity contribution is 9.10. The molecule has 0 aliphatic rings. The summed E-state index contributed by atoms with van der Waals surface area (Å²) in [6.07, 6.45) is 0.615. The zero-order valence-electron chi connectivity index (χ0n) is 12.1. The second-order valence-electron chi connectivity index (χ2n) is 5.19. The van der Waals surface area contributed by atoms with E-state index >= 15 is 0 Å². The second-order valence-corrected chi connectivity index (χ2v) is 6.11. The molecule has 1 atom stereocenters. The molecule has 0 bridgehead atoms. The van der Waals surface area contributed by atoms with Crippen LogP contribution in [0.15, 0.2) is 46.9 Å². The third-order valence-corrected chi connectivity index (χ3v) is 3.81. The van der Waals surface area contributed by atoms with Gasteiger partial charge in [-0.2, -0.15) is 0 Å². The highest BCUT2D eigenvalue weighted by Crippen LogP contribution is 2.24. The predicted molar refractivity (Wildman–Crippen MR) is 88.6 cm³/mol. The number of anilines is 1. The van der Waals surface area contributed by atoms with Crippen molar-refractivity contribution in [3.05, 3.63) is 63.9 Å². The van der Waals surface area contributed by atoms with E-state index in [1.54, 1.807) is 0 Å². The molecule has 0 radical (unpaired) electrons. The van der Waals surface area contributed by atoms with Crippen molar-refractivity contribution in [2.75, 3.05) is 19.0 Å². The normalized spacial score (nSPS) is 12.2. The molecule has 0 aliphatic heterocycles. The van der Waals surface area contributed by atoms with E-state index in [1.807, 2.05) is 43.3 Å². The Morgan fingerprint density at radius 3 is 2.62 bits per heavy atom. The molecule has 2 rings (SSSR count). The van der Waals surface area contributed by atoms with Crippen molar-refractivity contribution < 1.29 is 4.39 Å². The molecule has 0 aliphatic carbocycles. The molecule has 5 heteroatoms. The van der Waals surface area contributed by atoms with E-state index in [2.05, 4.69) is 27.4 Å². The van der Waals surface area contributed by atoms with E-state index < -0.39 is 0 Å². The van der Waals surface area contributed by atoms with Gasteiger partial charge in [-0.15, -0.1) is 0 Å². The van der Waals surface area contributed by atoms with Gasteiger partial charge in [0.05, 0.1) is 6.04 Å². The van der Waals surface area contributed by atoms with Crippen LogP contribution in [-0.4, -0.2) is 14.1 Å². The van der Waals surface area contributed by atoms with Gasteiger partial charge in [-0.05, 0) is 47.9 Å². The monoisotopic (exact) mass is 351 g/mol. The van der Waals surface area contributed by atoms with Gasteiger partial charge in [-0.25, -0.2) is 4.39 Å². The maximum Gasteiger partial charge on any atom is 0.124 e. The van der Waals surface area contributed by atoms with Crippen molar-refractivity contribution >= 4 is 21.6 Å². The van der Waals surface area contributed by atoms with Crippen molar-refractivity contribution in [3.8, 4) is 0 Å². The van der Waals surface area contributed by atoms with Crippen LogP contribution < -0.4 is 16.2 Å². The topological polar surface area (TPSA) is 41.3 Å². The maximum absolute atomic E-state index is 13.5. The Morgan fingerprint density at radius 2 is 2.00 bits per heavy atom. The van der Waals surface area contributed by atoms with Gasteiger partial charge >= 0.3 is 0 Å². The van der Waals surface area contributed by atoms with Gasteiger partial charge in [0.2, 0.25) is 0 Å². The molecule has 2 aromatic carbocycles. The lowest BCUT2D eigenvalue weighted by atomic mass is 9.99. The first-order chi connectivity index (χ1) is 9.99. The van der Waals surface area contributed by atoms with Crippen molar-refractivity contribution in [1.29, 1.82) is 0 Å². The summed E-state index contributed by atoms with van der Waals surface area (Å²) < 4.78 is 14.2. The standard InChI is InChI=1S/C16H19BrFN3/c1-21(2)15-5-3-4-12(9-15)16(20-19)8-11-6-13(17)10-14(18)7-11/h3-7,9-10,16,20H,8,19H2,1-2H3. The number of hydrogen-bond donors (Lipinski definition) is 2. The Balaban J connectivity index is 2.25. The Hall–Kier alpha value is -1.43. The lowest BCUT2D eigenvalue weighted by Gasteiger charge is -2.20. The van der Waals surface area contributed by atoms with Crippen molar-refractivity contribution in [1.82, 2.24) is 5.43 Å². The first-order valence-corrected chi connectivity index (χ1v) is 7.47. The minimum absolute atomic E-state index is 0.0707. The van der Waals surface area contributed by atoms with E-state index in [0.717, 1.165) is 21.3 Å². The smallest absolute Gasteiger partial charge is 0.124 e. The van der Waals surface area contributed by atoms with Crippen LogP contribution in [0.1, 0.15) is 17.2 Å². The molecular formula is C16H19BrFN3. The van der Waals surface area contributed by atoms with Crippen LogP contribution in [0.2, 0.25) is 0 Å². The summed E-state index contributed by atoms with van der Waals surface area (Å²) in [6, 6.07) is 12.9. The van der Waals surface area contributed by atoms with Gasteiger partial charge < -0.3 is 4.90 Å². The zero-order chi connectivity index (χ0) is 15.4. The number of nitrogens with zero attached hydrogens (tertiary/aromatic N) is 1. The van der Waals surface area contributed by atoms with Crippen LogP contribution in [0, 0.1) is 5.82 Å². The van der Waals surface area contributed by atoms with Crippen molar-refractivity contribution in [3.63, 3.8) is 0 Å². The van der Waals surface area contributed by atoms with E-state index in [0.29, 0.717) is 6.42 Å². The quantitative estimate of drug-likeness (QED) is 0.640. The third-order valence-electron chi connectivity index (χ3n) is 3.35. The molecule has 2 aromatic rings. The number of rotatable bonds is 5. The summed E-state index contributed by atoms with van der Waals surface area (Å²) in [7, 11) is 3.99. The Labute approximate surface area is 133 Å². The SMILES string of the molecule is CN(C)c1cccc(C(Cc2cc(F)cc(Br)c2)NN)c1. The molecule has 0 saturated heterocycles. The average molecular weight is 352 g/mol. The largest absolute Gasteiger partial charge is 0.378 e. The summed E-state index contributed by atoms with van der Waals surface area (Å²) in [5.74, 6) is 5.43. The van der Waals surface area contributed by atoms with E-state index in [9.17, 15) is 4.39 Å². The Kier molecular flexibility index (Phi) is 5.33. The Morgan fingerprint density at radius 1 is 1.24 bits per heavy atom. The first kappa shape index (κ1) is 15.9. The van der Waals surface area contributed by atoms with Crippen molar-refractivity contribution in [2.24, 2.45) is 5.84 Å². The summed E-state index contributed by atoms with van der Waals surface area (Å²) in [5, 5.41) is 0. The minimum Gasteiger partial charge on any atom is -0.378 e. The summed E-state index contributed by atoms with van der Waals surface area (Å²) in [6.45, 7) is 0. The van der Waals surface area contributed by atoms with Crippen LogP contribution in [-0.2, 0) is 6.42 Å². The number of benzene rings is 2. The van der Waals surface area contributed by atoms with Gasteiger partial charge in [0.1, 0.15) is 5.82 Å². The lowest BCUT2D eigenvalue weighted by Crippen LogP contribution is -2.29. The second kappa shape index (κ2) is 7.02. The molecule has 0 saturated carbocycles. The summed E-state index contributed by atoms with van der Waals surface area (Å²) >= 11 is 3.31. The first-order valence-electron chi connectivity index (χ1n) is 6.68. The molecule has 112 valence electrons. The molecular weight excluding hydrogens is 333 g/mol. The highest BCUT2D eigenvalue weighted by Gasteiger charge is 2.12. The lowest BCUT2D eigenvalue weighted by molar-refractivity contribution is 0.548. The average Bonchev–Trinajstić information content (AvgIpc) is 2.44. The fourth-order valence-corrected chi connectivity index (χ4v) is 2.77. The highest BCUT2D eigenvalue weighted by atomic mass is 79.9. The van der Waals surface area contributed by atoms with Crippen LogP contribution in [0.5, 0.6) is 0 Å². The van der Waals surface area contributed by atoms with E-state index in [1.165, 1.54) is 12.1 Å². The fraction of sp³-hybridized carbons (Fsp3) is 0.250. The van der Waals surface area contributed by atoms with Crippen LogP contribution in [0.3, 0.4) is 0 Å². The molecule has 0 fully saturated rings. The number of nitrogens with one attached hydrogen (secondary N) is 1. The molecule has 1 unspecified atom stereocenters. The third kappa shape index (κ3) is 4.27. The number of nitrogens with two attached hydrogens (primary N) is 1. The molecule has 0 amide bonds. The molecule has 3 N–H and O–H groups in total. The number of halogens is 2. The molecule has 3 nitrogen and oxygen atoms in total. The summed E-state index contributed by atoms with van der Waals surface area (Å²) in [5.41, 5.74) is 5.88. The maximum atomic E-state index is 13.5. The van der Waals surface area contributed by atoms with Crippen LogP contribution in [0.25, 0.3) is 0 Å². The van der Waals surface area contributed by atoms with E-state index in [-0.39, 0.29) is 11.9 Å². The molecule has 0 spiro atoms. The van der Waals surface area contributed by atoms with Gasteiger partial charge in [-0.3, -0.25) is 11.3 Å².